The SMILES string of the molecule is CN(C[C@@H](c1ccc(NS(C)(=O)=O)cc1)N1CC[C@H](O)C1)C(=O)COc1cccc2cccnc12. The first-order valence-electron chi connectivity index (χ1n) is 11.4. The molecule has 1 saturated heterocycles. The molecular formula is C25H30N4O5S. The highest BCUT2D eigenvalue weighted by Crippen LogP contribution is 2.28. The van der Waals surface area contributed by atoms with Crippen LogP contribution >= 0.6 is 0 Å². The summed E-state index contributed by atoms with van der Waals surface area (Å²) < 4.78 is 31.3. The Hall–Kier alpha value is -3.21. The van der Waals surface area contributed by atoms with Crippen molar-refractivity contribution in [2.75, 3.05) is 44.3 Å². The van der Waals surface area contributed by atoms with Gasteiger partial charge in [0.05, 0.1) is 18.4 Å². The number of amides is 1. The number of likely N-dealkylation sites (tertiary alicyclic amines) is 1. The number of fused-ring (bicyclic) bond motifs is 1. The second kappa shape index (κ2) is 10.6. The fraction of sp³-hybridized carbons (Fsp3) is 0.360. The number of para-hydroxylation sites is 1. The summed E-state index contributed by atoms with van der Waals surface area (Å²) >= 11 is 0. The lowest BCUT2D eigenvalue weighted by molar-refractivity contribution is -0.132. The van der Waals surface area contributed by atoms with Crippen molar-refractivity contribution in [2.45, 2.75) is 18.6 Å². The van der Waals surface area contributed by atoms with Gasteiger partial charge in [0.2, 0.25) is 10.0 Å². The maximum Gasteiger partial charge on any atom is 0.260 e. The molecule has 0 aliphatic carbocycles. The summed E-state index contributed by atoms with van der Waals surface area (Å²) in [5.41, 5.74) is 2.10. The quantitative estimate of drug-likeness (QED) is 0.465. The summed E-state index contributed by atoms with van der Waals surface area (Å²) in [6, 6.07) is 16.3. The van der Waals surface area contributed by atoms with Gasteiger partial charge >= 0.3 is 0 Å². The summed E-state index contributed by atoms with van der Waals surface area (Å²) in [4.78, 5) is 21.1. The van der Waals surface area contributed by atoms with E-state index in [0.717, 1.165) is 17.2 Å². The van der Waals surface area contributed by atoms with Gasteiger partial charge in [0, 0.05) is 44.0 Å². The van der Waals surface area contributed by atoms with Crippen LogP contribution in [-0.2, 0) is 14.8 Å². The van der Waals surface area contributed by atoms with E-state index in [-0.39, 0.29) is 18.6 Å². The lowest BCUT2D eigenvalue weighted by atomic mass is 10.0. The molecule has 35 heavy (non-hydrogen) atoms. The number of likely N-dealkylation sites (N-methyl/N-ethyl adjacent to an activating group) is 1. The number of pyridine rings is 1. The van der Waals surface area contributed by atoms with E-state index in [0.29, 0.717) is 43.0 Å². The molecule has 3 aromatic rings. The van der Waals surface area contributed by atoms with Crippen LogP contribution in [0.15, 0.2) is 60.8 Å². The van der Waals surface area contributed by atoms with E-state index in [2.05, 4.69) is 14.6 Å². The maximum atomic E-state index is 12.9. The first-order valence-corrected chi connectivity index (χ1v) is 13.3. The number of aromatic nitrogens is 1. The fourth-order valence-electron chi connectivity index (χ4n) is 4.27. The Morgan fingerprint density at radius 3 is 2.66 bits per heavy atom. The Morgan fingerprint density at radius 2 is 1.97 bits per heavy atom. The molecular weight excluding hydrogens is 468 g/mol. The molecule has 0 unspecified atom stereocenters. The average Bonchev–Trinajstić information content (AvgIpc) is 3.26. The highest BCUT2D eigenvalue weighted by Gasteiger charge is 2.30. The molecule has 2 heterocycles. The summed E-state index contributed by atoms with van der Waals surface area (Å²) in [6.45, 7) is 1.48. The van der Waals surface area contributed by atoms with Crippen molar-refractivity contribution in [1.29, 1.82) is 0 Å². The van der Waals surface area contributed by atoms with Crippen molar-refractivity contribution in [2.24, 2.45) is 0 Å². The summed E-state index contributed by atoms with van der Waals surface area (Å²) in [7, 11) is -1.64. The van der Waals surface area contributed by atoms with Gasteiger partial charge in [0.1, 0.15) is 11.3 Å². The molecule has 2 N–H and O–H groups in total. The number of nitrogens with zero attached hydrogens (tertiary/aromatic N) is 3. The minimum atomic E-state index is -3.37. The van der Waals surface area contributed by atoms with Crippen LogP contribution in [0.1, 0.15) is 18.0 Å². The van der Waals surface area contributed by atoms with Crippen LogP contribution in [0, 0.1) is 0 Å². The van der Waals surface area contributed by atoms with Crippen molar-refractivity contribution in [3.8, 4) is 5.75 Å². The summed E-state index contributed by atoms with van der Waals surface area (Å²) in [5.74, 6) is 0.371. The number of hydrogen-bond acceptors (Lipinski definition) is 7. The number of carbonyl (C=O) groups excluding carboxylic acids is 1. The zero-order valence-electron chi connectivity index (χ0n) is 19.8. The zero-order chi connectivity index (χ0) is 25.0. The monoisotopic (exact) mass is 498 g/mol. The normalized spacial score (nSPS) is 17.3. The molecule has 9 nitrogen and oxygen atoms in total. The molecule has 1 amide bonds. The predicted octanol–water partition coefficient (Wildman–Crippen LogP) is 2.25. The van der Waals surface area contributed by atoms with E-state index in [1.54, 1.807) is 36.3 Å². The van der Waals surface area contributed by atoms with Gasteiger partial charge in [-0.25, -0.2) is 8.42 Å². The van der Waals surface area contributed by atoms with Gasteiger partial charge in [-0.1, -0.05) is 30.3 Å². The lowest BCUT2D eigenvalue weighted by Crippen LogP contribution is -2.40. The Morgan fingerprint density at radius 1 is 1.23 bits per heavy atom. The lowest BCUT2D eigenvalue weighted by Gasteiger charge is -2.32. The number of aliphatic hydroxyl groups is 1. The standard InChI is InChI=1S/C25H30N4O5S/c1-28(24(31)17-34-23-7-3-5-19-6-4-13-26-25(19)23)16-22(29-14-12-21(30)15-29)18-8-10-20(11-9-18)27-35(2,32)33/h3-11,13,21-22,27,30H,12,14-17H2,1-2H3/t21-,22-/m0/s1. The third-order valence-corrected chi connectivity index (χ3v) is 6.66. The third-order valence-electron chi connectivity index (χ3n) is 6.05. The van der Waals surface area contributed by atoms with Crippen LogP contribution in [0.2, 0.25) is 0 Å². The van der Waals surface area contributed by atoms with Crippen molar-refractivity contribution >= 4 is 32.5 Å². The zero-order valence-corrected chi connectivity index (χ0v) is 20.6. The van der Waals surface area contributed by atoms with Crippen LogP contribution in [0.3, 0.4) is 0 Å². The highest BCUT2D eigenvalue weighted by atomic mass is 32.2. The van der Waals surface area contributed by atoms with Crippen molar-refractivity contribution in [3.05, 3.63) is 66.4 Å². The number of hydrogen-bond donors (Lipinski definition) is 2. The molecule has 10 heteroatoms. The highest BCUT2D eigenvalue weighted by molar-refractivity contribution is 7.92. The number of benzene rings is 2. The van der Waals surface area contributed by atoms with Gasteiger partial charge in [-0.05, 0) is 36.2 Å². The minimum absolute atomic E-state index is 0.126. The summed E-state index contributed by atoms with van der Waals surface area (Å²) in [5, 5.41) is 11.0. The van der Waals surface area contributed by atoms with E-state index < -0.39 is 16.1 Å². The predicted molar refractivity (Wildman–Crippen MR) is 135 cm³/mol. The Bertz CT molecular complexity index is 1280. The van der Waals surface area contributed by atoms with E-state index in [9.17, 15) is 18.3 Å². The summed E-state index contributed by atoms with van der Waals surface area (Å²) in [6.07, 6.45) is 3.05. The molecule has 0 saturated carbocycles. The first kappa shape index (κ1) is 24.9. The molecule has 1 aliphatic rings. The van der Waals surface area contributed by atoms with Crippen LogP contribution in [0.5, 0.6) is 5.75 Å². The van der Waals surface area contributed by atoms with E-state index in [4.69, 9.17) is 4.74 Å². The fourth-order valence-corrected chi connectivity index (χ4v) is 4.84. The van der Waals surface area contributed by atoms with Gasteiger partial charge in [0.15, 0.2) is 6.61 Å². The number of sulfonamides is 1. The Labute approximate surface area is 205 Å². The molecule has 4 rings (SSSR count). The molecule has 2 aromatic carbocycles. The van der Waals surface area contributed by atoms with E-state index >= 15 is 0 Å². The van der Waals surface area contributed by atoms with Crippen molar-refractivity contribution in [1.82, 2.24) is 14.8 Å². The van der Waals surface area contributed by atoms with E-state index in [1.807, 2.05) is 36.4 Å². The Balaban J connectivity index is 1.45. The Kier molecular flexibility index (Phi) is 7.54. The first-order chi connectivity index (χ1) is 16.7. The molecule has 1 aliphatic heterocycles. The molecule has 1 aromatic heterocycles. The van der Waals surface area contributed by atoms with E-state index in [1.165, 1.54) is 0 Å². The minimum Gasteiger partial charge on any atom is -0.481 e. The number of β-amino-alcohol motifs (C(OH)–C–C–N with tert-alkyl or cyclic N) is 1. The van der Waals surface area contributed by atoms with Crippen molar-refractivity contribution in [3.63, 3.8) is 0 Å². The molecule has 0 bridgehead atoms. The second-order valence-electron chi connectivity index (χ2n) is 8.84. The topological polar surface area (TPSA) is 112 Å². The number of nitrogens with one attached hydrogen (secondary N) is 1. The number of aliphatic hydroxyl groups excluding tert-OH is 1. The van der Waals surface area contributed by atoms with Crippen LogP contribution < -0.4 is 9.46 Å². The van der Waals surface area contributed by atoms with Crippen molar-refractivity contribution < 1.29 is 23.1 Å². The van der Waals surface area contributed by atoms with Gasteiger partial charge in [-0.15, -0.1) is 0 Å². The largest absolute Gasteiger partial charge is 0.481 e. The molecule has 1 fully saturated rings. The van der Waals surface area contributed by atoms with Gasteiger partial charge in [0.25, 0.3) is 5.91 Å². The molecule has 2 atom stereocenters. The van der Waals surface area contributed by atoms with Gasteiger partial charge in [-0.2, -0.15) is 0 Å². The number of rotatable bonds is 9. The maximum absolute atomic E-state index is 12.9. The number of ether oxygens (including phenoxy) is 1. The van der Waals surface area contributed by atoms with Crippen LogP contribution in [0.4, 0.5) is 5.69 Å². The number of carbonyl (C=O) groups is 1. The number of anilines is 1. The third kappa shape index (κ3) is 6.47. The smallest absolute Gasteiger partial charge is 0.260 e. The molecule has 0 radical (unpaired) electrons. The molecule has 186 valence electrons. The van der Waals surface area contributed by atoms with Crippen LogP contribution in [0.25, 0.3) is 10.9 Å². The van der Waals surface area contributed by atoms with Gasteiger partial charge < -0.3 is 14.7 Å². The van der Waals surface area contributed by atoms with Gasteiger partial charge in [-0.3, -0.25) is 19.4 Å². The van der Waals surface area contributed by atoms with Crippen LogP contribution in [-0.4, -0.2) is 79.9 Å². The average molecular weight is 499 g/mol. The molecule has 0 spiro atoms. The second-order valence-corrected chi connectivity index (χ2v) is 10.6.